The van der Waals surface area contributed by atoms with Gasteiger partial charge in [0.05, 0.1) is 3.79 Å². The summed E-state index contributed by atoms with van der Waals surface area (Å²) >= 11 is 8.52. The largest absolute Gasteiger partial charge is 0.309 e. The standard InChI is InChI=1S/C14H13Br2F2NS/c1-2-19-12(13-7-10(15)14(16)20-13)5-8-3-4-9(17)6-11(8)18/h3-4,6-7,12,19H,2,5H2,1H3. The van der Waals surface area contributed by atoms with Gasteiger partial charge in [0.2, 0.25) is 0 Å². The van der Waals surface area contributed by atoms with Crippen molar-refractivity contribution in [2.75, 3.05) is 6.54 Å². The Morgan fingerprint density at radius 3 is 2.55 bits per heavy atom. The normalized spacial score (nSPS) is 12.7. The van der Waals surface area contributed by atoms with Crippen molar-refractivity contribution in [2.45, 2.75) is 19.4 Å². The molecule has 1 N–H and O–H groups in total. The zero-order valence-corrected chi connectivity index (χ0v) is 14.7. The van der Waals surface area contributed by atoms with Crippen LogP contribution < -0.4 is 5.32 Å². The predicted molar refractivity (Wildman–Crippen MR) is 86.2 cm³/mol. The number of nitrogens with one attached hydrogen (secondary N) is 1. The number of hydrogen-bond acceptors (Lipinski definition) is 2. The maximum Gasteiger partial charge on any atom is 0.129 e. The molecule has 1 aromatic carbocycles. The van der Waals surface area contributed by atoms with Gasteiger partial charge in [-0.3, -0.25) is 0 Å². The molecular formula is C14H13Br2F2NS. The molecule has 0 fully saturated rings. The minimum absolute atomic E-state index is 0.00700. The van der Waals surface area contributed by atoms with Gasteiger partial charge < -0.3 is 5.32 Å². The van der Waals surface area contributed by atoms with Gasteiger partial charge in [-0.05, 0) is 62.5 Å². The molecule has 6 heteroatoms. The van der Waals surface area contributed by atoms with Gasteiger partial charge in [-0.2, -0.15) is 0 Å². The van der Waals surface area contributed by atoms with E-state index in [2.05, 4.69) is 37.2 Å². The second-order valence-electron chi connectivity index (χ2n) is 4.32. The first kappa shape index (κ1) is 16.1. The van der Waals surface area contributed by atoms with E-state index in [0.29, 0.717) is 12.0 Å². The van der Waals surface area contributed by atoms with Crippen molar-refractivity contribution in [3.63, 3.8) is 0 Å². The lowest BCUT2D eigenvalue weighted by Gasteiger charge is -2.17. The first-order valence-corrected chi connectivity index (χ1v) is 8.53. The van der Waals surface area contributed by atoms with Crippen molar-refractivity contribution in [1.29, 1.82) is 0 Å². The number of benzene rings is 1. The molecule has 1 atom stereocenters. The lowest BCUT2D eigenvalue weighted by molar-refractivity contribution is 0.526. The zero-order valence-electron chi connectivity index (χ0n) is 10.7. The summed E-state index contributed by atoms with van der Waals surface area (Å²) in [6.07, 6.45) is 0.485. The third-order valence-electron chi connectivity index (χ3n) is 2.90. The zero-order chi connectivity index (χ0) is 14.7. The molecule has 0 aliphatic carbocycles. The van der Waals surface area contributed by atoms with Crippen LogP contribution in [0.3, 0.4) is 0 Å². The Hall–Kier alpha value is -0.300. The van der Waals surface area contributed by atoms with Gasteiger partial charge >= 0.3 is 0 Å². The maximum absolute atomic E-state index is 13.8. The molecular weight excluding hydrogens is 412 g/mol. The van der Waals surface area contributed by atoms with Gasteiger partial charge in [-0.25, -0.2) is 8.78 Å². The van der Waals surface area contributed by atoms with Crippen LogP contribution in [0.25, 0.3) is 0 Å². The summed E-state index contributed by atoms with van der Waals surface area (Å²) < 4.78 is 28.7. The highest BCUT2D eigenvalue weighted by atomic mass is 79.9. The Balaban J connectivity index is 2.25. The molecule has 0 saturated carbocycles. The van der Waals surface area contributed by atoms with Crippen LogP contribution in [0.2, 0.25) is 0 Å². The third-order valence-corrected chi connectivity index (χ3v) is 6.27. The summed E-state index contributed by atoms with van der Waals surface area (Å²) in [5, 5.41) is 3.34. The Kier molecular flexibility index (Phi) is 5.72. The quantitative estimate of drug-likeness (QED) is 0.673. The van der Waals surface area contributed by atoms with E-state index in [1.54, 1.807) is 11.3 Å². The lowest BCUT2D eigenvalue weighted by atomic mass is 10.0. The minimum Gasteiger partial charge on any atom is -0.309 e. The Morgan fingerprint density at radius 1 is 1.25 bits per heavy atom. The van der Waals surface area contributed by atoms with Crippen LogP contribution >= 0.6 is 43.2 Å². The topological polar surface area (TPSA) is 12.0 Å². The molecule has 0 spiro atoms. The first-order valence-electron chi connectivity index (χ1n) is 6.13. The van der Waals surface area contributed by atoms with E-state index < -0.39 is 11.6 Å². The van der Waals surface area contributed by atoms with Crippen molar-refractivity contribution in [3.05, 3.63) is 54.6 Å². The van der Waals surface area contributed by atoms with E-state index in [1.807, 2.05) is 13.0 Å². The molecule has 2 rings (SSSR count). The van der Waals surface area contributed by atoms with Gasteiger partial charge in [0, 0.05) is 21.5 Å². The van der Waals surface area contributed by atoms with Crippen LogP contribution in [0.5, 0.6) is 0 Å². The van der Waals surface area contributed by atoms with Crippen LogP contribution in [-0.4, -0.2) is 6.54 Å². The highest BCUT2D eigenvalue weighted by Gasteiger charge is 2.17. The molecule has 1 heterocycles. The number of halogens is 4. The number of rotatable bonds is 5. The minimum atomic E-state index is -0.548. The Labute approximate surface area is 137 Å². The molecule has 0 aliphatic rings. The van der Waals surface area contributed by atoms with Gasteiger partial charge in [0.1, 0.15) is 11.6 Å². The summed E-state index contributed by atoms with van der Waals surface area (Å²) in [7, 11) is 0. The molecule has 1 aromatic heterocycles. The molecule has 1 nitrogen and oxygen atoms in total. The molecule has 0 aliphatic heterocycles. The van der Waals surface area contributed by atoms with Crippen LogP contribution in [0.4, 0.5) is 8.78 Å². The van der Waals surface area contributed by atoms with E-state index in [4.69, 9.17) is 0 Å². The van der Waals surface area contributed by atoms with Crippen LogP contribution in [0, 0.1) is 11.6 Å². The fourth-order valence-electron chi connectivity index (χ4n) is 1.96. The summed E-state index contributed by atoms with van der Waals surface area (Å²) in [6, 6.07) is 5.75. The monoisotopic (exact) mass is 423 g/mol. The molecule has 0 amide bonds. The van der Waals surface area contributed by atoms with Gasteiger partial charge in [0.15, 0.2) is 0 Å². The molecule has 20 heavy (non-hydrogen) atoms. The van der Waals surface area contributed by atoms with E-state index in [0.717, 1.165) is 25.7 Å². The van der Waals surface area contributed by atoms with Crippen molar-refractivity contribution in [3.8, 4) is 0 Å². The molecule has 108 valence electrons. The number of likely N-dealkylation sites (N-methyl/N-ethyl adjacent to an activating group) is 1. The van der Waals surface area contributed by atoms with Gasteiger partial charge in [-0.1, -0.05) is 13.0 Å². The van der Waals surface area contributed by atoms with Gasteiger partial charge in [-0.15, -0.1) is 11.3 Å². The lowest BCUT2D eigenvalue weighted by Crippen LogP contribution is -2.22. The SMILES string of the molecule is CCNC(Cc1ccc(F)cc1F)c1cc(Br)c(Br)s1. The molecule has 0 radical (unpaired) electrons. The smallest absolute Gasteiger partial charge is 0.129 e. The number of thiophene rings is 1. The van der Waals surface area contributed by atoms with Crippen LogP contribution in [-0.2, 0) is 6.42 Å². The highest BCUT2D eigenvalue weighted by Crippen LogP contribution is 2.36. The summed E-state index contributed by atoms with van der Waals surface area (Å²) in [4.78, 5) is 1.11. The van der Waals surface area contributed by atoms with Crippen LogP contribution in [0.1, 0.15) is 23.4 Å². The highest BCUT2D eigenvalue weighted by molar-refractivity contribution is 9.13. The van der Waals surface area contributed by atoms with E-state index in [9.17, 15) is 8.78 Å². The molecule has 2 aromatic rings. The second kappa shape index (κ2) is 7.11. The fraction of sp³-hybridized carbons (Fsp3) is 0.286. The molecule has 0 saturated heterocycles. The third kappa shape index (κ3) is 3.87. The maximum atomic E-state index is 13.8. The van der Waals surface area contributed by atoms with Crippen molar-refractivity contribution >= 4 is 43.2 Å². The van der Waals surface area contributed by atoms with Gasteiger partial charge in [0.25, 0.3) is 0 Å². The van der Waals surface area contributed by atoms with Crippen molar-refractivity contribution < 1.29 is 8.78 Å². The average Bonchev–Trinajstić information content (AvgIpc) is 2.72. The van der Waals surface area contributed by atoms with E-state index in [1.165, 1.54) is 12.1 Å². The van der Waals surface area contributed by atoms with E-state index >= 15 is 0 Å². The summed E-state index contributed by atoms with van der Waals surface area (Å²) in [5.74, 6) is -1.05. The number of hydrogen-bond donors (Lipinski definition) is 1. The summed E-state index contributed by atoms with van der Waals surface area (Å²) in [6.45, 7) is 2.78. The Morgan fingerprint density at radius 2 is 2.00 bits per heavy atom. The fourth-order valence-corrected chi connectivity index (χ4v) is 4.13. The average molecular weight is 425 g/mol. The Bertz CT molecular complexity index is 581. The predicted octanol–water partition coefficient (Wildman–Crippen LogP) is 5.44. The molecule has 0 bridgehead atoms. The molecule has 1 unspecified atom stereocenters. The second-order valence-corrected chi connectivity index (χ2v) is 7.58. The van der Waals surface area contributed by atoms with Crippen molar-refractivity contribution in [2.24, 2.45) is 0 Å². The summed E-state index contributed by atoms with van der Waals surface area (Å²) in [5.41, 5.74) is 0.512. The van der Waals surface area contributed by atoms with E-state index in [-0.39, 0.29) is 6.04 Å². The van der Waals surface area contributed by atoms with Crippen molar-refractivity contribution in [1.82, 2.24) is 5.32 Å². The van der Waals surface area contributed by atoms with Crippen LogP contribution in [0.15, 0.2) is 32.5 Å². The first-order chi connectivity index (χ1) is 9.51.